The van der Waals surface area contributed by atoms with E-state index >= 15 is 0 Å². The molecule has 2 atom stereocenters. The SMILES string of the molecule is CCC(CO)N1CCC(N)C1. The van der Waals surface area contributed by atoms with Crippen LogP contribution in [0.2, 0.25) is 0 Å². The summed E-state index contributed by atoms with van der Waals surface area (Å²) in [6.45, 7) is 4.38. The second-order valence-electron chi connectivity index (χ2n) is 3.29. The van der Waals surface area contributed by atoms with Gasteiger partial charge in [0.25, 0.3) is 0 Å². The maximum Gasteiger partial charge on any atom is 0.0586 e. The number of aliphatic hydroxyl groups excluding tert-OH is 1. The van der Waals surface area contributed by atoms with Crippen molar-refractivity contribution in [3.05, 3.63) is 0 Å². The van der Waals surface area contributed by atoms with Gasteiger partial charge in [0, 0.05) is 25.2 Å². The van der Waals surface area contributed by atoms with Crippen molar-refractivity contribution in [3.8, 4) is 0 Å². The third kappa shape index (κ3) is 2.15. The van der Waals surface area contributed by atoms with Gasteiger partial charge in [-0.2, -0.15) is 0 Å². The Labute approximate surface area is 68.2 Å². The lowest BCUT2D eigenvalue weighted by atomic mass is 10.2. The van der Waals surface area contributed by atoms with Gasteiger partial charge in [-0.3, -0.25) is 4.90 Å². The molecule has 1 fully saturated rings. The Morgan fingerprint density at radius 3 is 2.82 bits per heavy atom. The van der Waals surface area contributed by atoms with E-state index in [1.54, 1.807) is 0 Å². The minimum Gasteiger partial charge on any atom is -0.395 e. The summed E-state index contributed by atoms with van der Waals surface area (Å²) in [6.07, 6.45) is 2.10. The van der Waals surface area contributed by atoms with E-state index in [1.807, 2.05) is 0 Å². The second-order valence-corrected chi connectivity index (χ2v) is 3.29. The van der Waals surface area contributed by atoms with Gasteiger partial charge < -0.3 is 10.8 Å². The van der Waals surface area contributed by atoms with Gasteiger partial charge in [-0.15, -0.1) is 0 Å². The third-order valence-corrected chi connectivity index (χ3v) is 2.45. The lowest BCUT2D eigenvalue weighted by Gasteiger charge is -2.24. The number of rotatable bonds is 3. The van der Waals surface area contributed by atoms with Crippen LogP contribution < -0.4 is 5.73 Å². The van der Waals surface area contributed by atoms with Gasteiger partial charge in [-0.25, -0.2) is 0 Å². The topological polar surface area (TPSA) is 49.5 Å². The van der Waals surface area contributed by atoms with Crippen LogP contribution in [-0.4, -0.2) is 41.8 Å². The zero-order chi connectivity index (χ0) is 8.27. The van der Waals surface area contributed by atoms with Gasteiger partial charge >= 0.3 is 0 Å². The first-order valence-corrected chi connectivity index (χ1v) is 4.38. The standard InChI is InChI=1S/C8H18N2O/c1-2-8(6-11)10-4-3-7(9)5-10/h7-8,11H,2-6,9H2,1H3. The van der Waals surface area contributed by atoms with Crippen molar-refractivity contribution in [2.24, 2.45) is 5.73 Å². The Balaban J connectivity index is 2.34. The molecular weight excluding hydrogens is 140 g/mol. The highest BCUT2D eigenvalue weighted by Crippen LogP contribution is 2.12. The van der Waals surface area contributed by atoms with Crippen LogP contribution in [0.4, 0.5) is 0 Å². The van der Waals surface area contributed by atoms with Crippen LogP contribution in [0.25, 0.3) is 0 Å². The zero-order valence-corrected chi connectivity index (χ0v) is 7.16. The van der Waals surface area contributed by atoms with Crippen molar-refractivity contribution >= 4 is 0 Å². The molecule has 1 aliphatic heterocycles. The van der Waals surface area contributed by atoms with Crippen LogP contribution in [-0.2, 0) is 0 Å². The third-order valence-electron chi connectivity index (χ3n) is 2.45. The molecule has 0 amide bonds. The average Bonchev–Trinajstić information content (AvgIpc) is 2.39. The molecule has 0 aromatic heterocycles. The highest BCUT2D eigenvalue weighted by Gasteiger charge is 2.24. The van der Waals surface area contributed by atoms with Gasteiger partial charge in [-0.05, 0) is 12.8 Å². The van der Waals surface area contributed by atoms with E-state index in [-0.39, 0.29) is 6.61 Å². The van der Waals surface area contributed by atoms with E-state index in [9.17, 15) is 0 Å². The van der Waals surface area contributed by atoms with Gasteiger partial charge in [0.15, 0.2) is 0 Å². The summed E-state index contributed by atoms with van der Waals surface area (Å²) in [5, 5.41) is 8.99. The van der Waals surface area contributed by atoms with Crippen LogP contribution in [0.1, 0.15) is 19.8 Å². The number of nitrogens with two attached hydrogens (primary N) is 1. The quantitative estimate of drug-likeness (QED) is 0.597. The molecule has 0 aliphatic carbocycles. The summed E-state index contributed by atoms with van der Waals surface area (Å²) < 4.78 is 0. The van der Waals surface area contributed by atoms with Gasteiger partial charge in [0.2, 0.25) is 0 Å². The Hall–Kier alpha value is -0.120. The maximum atomic E-state index is 8.99. The Morgan fingerprint density at radius 2 is 2.45 bits per heavy atom. The smallest absolute Gasteiger partial charge is 0.0586 e. The summed E-state index contributed by atoms with van der Waals surface area (Å²) in [5.74, 6) is 0. The van der Waals surface area contributed by atoms with Gasteiger partial charge in [-0.1, -0.05) is 6.92 Å². The normalized spacial score (nSPS) is 29.2. The molecule has 11 heavy (non-hydrogen) atoms. The zero-order valence-electron chi connectivity index (χ0n) is 7.16. The van der Waals surface area contributed by atoms with E-state index in [0.717, 1.165) is 25.9 Å². The summed E-state index contributed by atoms with van der Waals surface area (Å²) in [5.41, 5.74) is 5.75. The fourth-order valence-electron chi connectivity index (χ4n) is 1.65. The molecule has 3 heteroatoms. The molecule has 1 aliphatic rings. The lowest BCUT2D eigenvalue weighted by Crippen LogP contribution is -2.37. The number of hydrogen-bond acceptors (Lipinski definition) is 3. The van der Waals surface area contributed by atoms with E-state index in [1.165, 1.54) is 0 Å². The van der Waals surface area contributed by atoms with Crippen LogP contribution in [0.3, 0.4) is 0 Å². The Bertz CT molecular complexity index is 115. The van der Waals surface area contributed by atoms with Crippen LogP contribution in [0.5, 0.6) is 0 Å². The highest BCUT2D eigenvalue weighted by molar-refractivity contribution is 4.82. The Kier molecular flexibility index (Phi) is 3.30. The highest BCUT2D eigenvalue weighted by atomic mass is 16.3. The van der Waals surface area contributed by atoms with Crippen LogP contribution in [0, 0.1) is 0 Å². The van der Waals surface area contributed by atoms with Crippen molar-refractivity contribution in [2.75, 3.05) is 19.7 Å². The first-order valence-electron chi connectivity index (χ1n) is 4.38. The number of hydrogen-bond donors (Lipinski definition) is 2. The molecule has 2 unspecified atom stereocenters. The molecule has 66 valence electrons. The summed E-state index contributed by atoms with van der Waals surface area (Å²) in [7, 11) is 0. The molecular formula is C8H18N2O. The second kappa shape index (κ2) is 4.04. The minimum atomic E-state index is 0.267. The fraction of sp³-hybridized carbons (Fsp3) is 1.00. The van der Waals surface area contributed by atoms with Crippen molar-refractivity contribution in [2.45, 2.75) is 31.8 Å². The molecule has 0 saturated carbocycles. The van der Waals surface area contributed by atoms with E-state index < -0.39 is 0 Å². The van der Waals surface area contributed by atoms with E-state index in [0.29, 0.717) is 12.1 Å². The van der Waals surface area contributed by atoms with Crippen molar-refractivity contribution in [1.29, 1.82) is 0 Å². The summed E-state index contributed by atoms with van der Waals surface area (Å²) >= 11 is 0. The lowest BCUT2D eigenvalue weighted by molar-refractivity contribution is 0.141. The number of nitrogens with zero attached hydrogens (tertiary/aromatic N) is 1. The molecule has 1 saturated heterocycles. The molecule has 3 nitrogen and oxygen atoms in total. The molecule has 1 heterocycles. The first-order chi connectivity index (χ1) is 5.27. The van der Waals surface area contributed by atoms with E-state index in [2.05, 4.69) is 11.8 Å². The summed E-state index contributed by atoms with van der Waals surface area (Å²) in [6, 6.07) is 0.666. The van der Waals surface area contributed by atoms with Crippen molar-refractivity contribution < 1.29 is 5.11 Å². The van der Waals surface area contributed by atoms with Crippen molar-refractivity contribution in [3.63, 3.8) is 0 Å². The Morgan fingerprint density at radius 1 is 1.73 bits per heavy atom. The molecule has 3 N–H and O–H groups in total. The molecule has 0 radical (unpaired) electrons. The van der Waals surface area contributed by atoms with Gasteiger partial charge in [0.1, 0.15) is 0 Å². The molecule has 0 aromatic rings. The average molecular weight is 158 g/mol. The molecule has 0 spiro atoms. The van der Waals surface area contributed by atoms with Crippen molar-refractivity contribution in [1.82, 2.24) is 4.90 Å². The van der Waals surface area contributed by atoms with Crippen LogP contribution in [0.15, 0.2) is 0 Å². The van der Waals surface area contributed by atoms with E-state index in [4.69, 9.17) is 10.8 Å². The summed E-state index contributed by atoms with van der Waals surface area (Å²) in [4.78, 5) is 2.28. The molecule has 0 aromatic carbocycles. The van der Waals surface area contributed by atoms with Crippen LogP contribution >= 0.6 is 0 Å². The number of aliphatic hydroxyl groups is 1. The molecule has 1 rings (SSSR count). The van der Waals surface area contributed by atoms with Gasteiger partial charge in [0.05, 0.1) is 6.61 Å². The maximum absolute atomic E-state index is 8.99. The first kappa shape index (κ1) is 8.97. The number of likely N-dealkylation sites (tertiary alicyclic amines) is 1. The minimum absolute atomic E-state index is 0.267. The predicted octanol–water partition coefficient (Wildman–Crippen LogP) is -0.210. The monoisotopic (exact) mass is 158 g/mol. The fourth-order valence-corrected chi connectivity index (χ4v) is 1.65. The molecule has 0 bridgehead atoms. The predicted molar refractivity (Wildman–Crippen MR) is 45.3 cm³/mol. The largest absolute Gasteiger partial charge is 0.395 e.